The Kier molecular flexibility index (Phi) is 7.96. The van der Waals surface area contributed by atoms with Gasteiger partial charge in [-0.25, -0.2) is 0 Å². The lowest BCUT2D eigenvalue weighted by Gasteiger charge is -2.20. The third-order valence-electron chi connectivity index (χ3n) is 4.58. The number of nitrogens with one attached hydrogen (secondary N) is 3. The fraction of sp³-hybridized carbons (Fsp3) is 0.409. The Bertz CT molecular complexity index is 889. The highest BCUT2D eigenvalue weighted by Gasteiger charge is 2.24. The largest absolute Gasteiger partial charge is 0.340 e. The molecule has 3 amide bonds. The second kappa shape index (κ2) is 10.2. The molecule has 29 heavy (non-hydrogen) atoms. The molecule has 1 atom stereocenters. The highest BCUT2D eigenvalue weighted by Crippen LogP contribution is 2.22. The summed E-state index contributed by atoms with van der Waals surface area (Å²) in [5.74, 6) is -0.931. The van der Waals surface area contributed by atoms with E-state index < -0.39 is 11.9 Å². The van der Waals surface area contributed by atoms with Gasteiger partial charge >= 0.3 is 0 Å². The minimum atomic E-state index is -0.751. The molecule has 0 aliphatic rings. The summed E-state index contributed by atoms with van der Waals surface area (Å²) in [4.78, 5) is 39.3. The van der Waals surface area contributed by atoms with Gasteiger partial charge in [-0.3, -0.25) is 25.2 Å². The number of hydrogen-bond donors (Lipinski definition) is 3. The lowest BCUT2D eigenvalue weighted by Crippen LogP contribution is -2.52. The molecule has 1 heterocycles. The minimum Gasteiger partial charge on any atom is -0.340 e. The van der Waals surface area contributed by atoms with Gasteiger partial charge in [-0.1, -0.05) is 39.0 Å². The van der Waals surface area contributed by atoms with Crippen molar-refractivity contribution < 1.29 is 14.4 Å². The average Bonchev–Trinajstić information content (AvgIpc) is 3.06. The number of thiophene rings is 1. The summed E-state index contributed by atoms with van der Waals surface area (Å²) in [7, 11) is 0. The molecule has 1 aromatic heterocycles. The van der Waals surface area contributed by atoms with Crippen LogP contribution in [0.4, 0.5) is 0 Å². The van der Waals surface area contributed by atoms with Crippen LogP contribution in [0.1, 0.15) is 63.2 Å². The van der Waals surface area contributed by atoms with E-state index in [0.29, 0.717) is 16.9 Å². The van der Waals surface area contributed by atoms with Crippen molar-refractivity contribution >= 4 is 29.1 Å². The highest BCUT2D eigenvalue weighted by molar-refractivity contribution is 7.14. The second-order valence-electron chi connectivity index (χ2n) is 7.48. The van der Waals surface area contributed by atoms with E-state index in [1.807, 2.05) is 52.8 Å². The van der Waals surface area contributed by atoms with Crippen LogP contribution in [0.25, 0.3) is 0 Å². The lowest BCUT2D eigenvalue weighted by atomic mass is 10.0. The summed E-state index contributed by atoms with van der Waals surface area (Å²) in [6.45, 7) is 9.79. The number of hydrazine groups is 1. The molecule has 0 saturated carbocycles. The zero-order valence-electron chi connectivity index (χ0n) is 17.6. The van der Waals surface area contributed by atoms with E-state index in [0.717, 1.165) is 22.4 Å². The zero-order chi connectivity index (χ0) is 21.6. The molecular formula is C22H29N3O3S. The van der Waals surface area contributed by atoms with Crippen molar-refractivity contribution in [3.63, 3.8) is 0 Å². The van der Waals surface area contributed by atoms with E-state index in [1.165, 1.54) is 11.3 Å². The first-order chi connectivity index (χ1) is 13.7. The van der Waals surface area contributed by atoms with Crippen LogP contribution in [0.2, 0.25) is 0 Å². The zero-order valence-corrected chi connectivity index (χ0v) is 18.4. The Hall–Kier alpha value is -2.67. The number of carbonyl (C=O) groups is 3. The van der Waals surface area contributed by atoms with Gasteiger partial charge in [0.05, 0.1) is 4.88 Å². The predicted molar refractivity (Wildman–Crippen MR) is 116 cm³/mol. The molecule has 1 aromatic carbocycles. The van der Waals surface area contributed by atoms with Gasteiger partial charge in [0, 0.05) is 10.4 Å². The van der Waals surface area contributed by atoms with E-state index in [-0.39, 0.29) is 17.7 Å². The standard InChI is InChI=1S/C22H29N3O3S/c1-6-18-15(5)12-19(29-18)22(28)25-24-21(27)17(11-13(2)3)23-20(26)16-10-8-7-9-14(16)4/h7-10,12-13,17H,6,11H2,1-5H3,(H,23,26)(H,24,27)(H,25,28)/t17-/m1/s1. The van der Waals surface area contributed by atoms with Crippen molar-refractivity contribution in [3.8, 4) is 0 Å². The number of aryl methyl sites for hydroxylation is 3. The van der Waals surface area contributed by atoms with E-state index in [1.54, 1.807) is 12.1 Å². The van der Waals surface area contributed by atoms with Gasteiger partial charge in [-0.2, -0.15) is 0 Å². The van der Waals surface area contributed by atoms with Crippen molar-refractivity contribution in [1.29, 1.82) is 0 Å². The first-order valence-corrected chi connectivity index (χ1v) is 10.6. The molecule has 0 fully saturated rings. The van der Waals surface area contributed by atoms with Crippen molar-refractivity contribution in [3.05, 3.63) is 56.8 Å². The average molecular weight is 416 g/mol. The Morgan fingerprint density at radius 2 is 1.69 bits per heavy atom. The SMILES string of the molecule is CCc1sc(C(=O)NNC(=O)[C@@H](CC(C)C)NC(=O)c2ccccc2C)cc1C. The van der Waals surface area contributed by atoms with Gasteiger partial charge in [-0.05, 0) is 55.9 Å². The molecule has 7 heteroatoms. The predicted octanol–water partition coefficient (Wildman–Crippen LogP) is 3.53. The number of carbonyl (C=O) groups excluding carboxylic acids is 3. The molecule has 0 spiro atoms. The van der Waals surface area contributed by atoms with Gasteiger partial charge in [0.1, 0.15) is 6.04 Å². The third kappa shape index (κ3) is 6.15. The molecule has 0 aliphatic carbocycles. The van der Waals surface area contributed by atoms with Crippen LogP contribution in [-0.4, -0.2) is 23.8 Å². The lowest BCUT2D eigenvalue weighted by molar-refractivity contribution is -0.124. The molecule has 0 radical (unpaired) electrons. The minimum absolute atomic E-state index is 0.186. The Morgan fingerprint density at radius 1 is 1.00 bits per heavy atom. The van der Waals surface area contributed by atoms with Crippen molar-refractivity contribution in [1.82, 2.24) is 16.2 Å². The van der Waals surface area contributed by atoms with E-state index in [2.05, 4.69) is 16.2 Å². The fourth-order valence-electron chi connectivity index (χ4n) is 3.02. The molecule has 6 nitrogen and oxygen atoms in total. The monoisotopic (exact) mass is 415 g/mol. The van der Waals surface area contributed by atoms with E-state index in [9.17, 15) is 14.4 Å². The Balaban J connectivity index is 2.03. The van der Waals surface area contributed by atoms with Crippen molar-refractivity contribution in [2.24, 2.45) is 5.92 Å². The third-order valence-corrected chi connectivity index (χ3v) is 5.96. The Morgan fingerprint density at radius 3 is 2.28 bits per heavy atom. The normalized spacial score (nSPS) is 11.8. The van der Waals surface area contributed by atoms with Crippen LogP contribution < -0.4 is 16.2 Å². The number of hydrogen-bond acceptors (Lipinski definition) is 4. The van der Waals surface area contributed by atoms with Crippen LogP contribution in [0, 0.1) is 19.8 Å². The maximum absolute atomic E-state index is 12.7. The van der Waals surface area contributed by atoms with Crippen molar-refractivity contribution in [2.75, 3.05) is 0 Å². The van der Waals surface area contributed by atoms with Gasteiger partial charge < -0.3 is 5.32 Å². The summed E-state index contributed by atoms with van der Waals surface area (Å²) in [5.41, 5.74) is 7.35. The van der Waals surface area contributed by atoms with Gasteiger partial charge in [0.2, 0.25) is 0 Å². The topological polar surface area (TPSA) is 87.3 Å². The van der Waals surface area contributed by atoms with Crippen molar-refractivity contribution in [2.45, 2.75) is 53.5 Å². The quantitative estimate of drug-likeness (QED) is 0.605. The van der Waals surface area contributed by atoms with Gasteiger partial charge in [0.15, 0.2) is 0 Å². The Labute approximate surface area is 176 Å². The molecule has 2 rings (SSSR count). The van der Waals surface area contributed by atoms with E-state index >= 15 is 0 Å². The summed E-state index contributed by atoms with van der Waals surface area (Å²) in [5, 5.41) is 2.79. The number of amides is 3. The van der Waals surface area contributed by atoms with Crippen LogP contribution in [0.15, 0.2) is 30.3 Å². The summed E-state index contributed by atoms with van der Waals surface area (Å²) < 4.78 is 0. The summed E-state index contributed by atoms with van der Waals surface area (Å²) >= 11 is 1.41. The van der Waals surface area contributed by atoms with Crippen LogP contribution in [-0.2, 0) is 11.2 Å². The molecular weight excluding hydrogens is 386 g/mol. The molecule has 0 bridgehead atoms. The molecule has 0 saturated heterocycles. The number of rotatable bonds is 7. The second-order valence-corrected chi connectivity index (χ2v) is 8.62. The molecule has 156 valence electrons. The molecule has 0 unspecified atom stereocenters. The summed E-state index contributed by atoms with van der Waals surface area (Å²) in [6, 6.07) is 8.28. The van der Waals surface area contributed by atoms with E-state index in [4.69, 9.17) is 0 Å². The van der Waals surface area contributed by atoms with Crippen LogP contribution >= 0.6 is 11.3 Å². The smallest absolute Gasteiger partial charge is 0.279 e. The van der Waals surface area contributed by atoms with Gasteiger partial charge in [0.25, 0.3) is 17.7 Å². The maximum atomic E-state index is 12.7. The fourth-order valence-corrected chi connectivity index (χ4v) is 4.03. The first-order valence-electron chi connectivity index (χ1n) is 9.78. The highest BCUT2D eigenvalue weighted by atomic mass is 32.1. The van der Waals surface area contributed by atoms with Crippen LogP contribution in [0.5, 0.6) is 0 Å². The number of benzene rings is 1. The van der Waals surface area contributed by atoms with Crippen LogP contribution in [0.3, 0.4) is 0 Å². The molecule has 3 N–H and O–H groups in total. The molecule has 2 aromatic rings. The van der Waals surface area contributed by atoms with Gasteiger partial charge in [-0.15, -0.1) is 11.3 Å². The molecule has 0 aliphatic heterocycles. The summed E-state index contributed by atoms with van der Waals surface area (Å²) in [6.07, 6.45) is 1.31. The first kappa shape index (κ1) is 22.6. The maximum Gasteiger partial charge on any atom is 0.279 e.